The van der Waals surface area contributed by atoms with Gasteiger partial charge >= 0.3 is 0 Å². The van der Waals surface area contributed by atoms with Crippen molar-refractivity contribution in [1.29, 1.82) is 0 Å². The van der Waals surface area contributed by atoms with Crippen LogP contribution in [-0.4, -0.2) is 23.1 Å². The second-order valence-corrected chi connectivity index (χ2v) is 4.60. The smallest absolute Gasteiger partial charge is 0.254 e. The van der Waals surface area contributed by atoms with Crippen LogP contribution in [0.1, 0.15) is 40.4 Å². The van der Waals surface area contributed by atoms with Crippen molar-refractivity contribution in [3.63, 3.8) is 0 Å². The molecule has 0 N–H and O–H groups in total. The molecule has 3 heteroatoms. The first kappa shape index (κ1) is 9.58. The van der Waals surface area contributed by atoms with Crippen molar-refractivity contribution in [3.05, 3.63) is 34.9 Å². The van der Waals surface area contributed by atoms with E-state index in [9.17, 15) is 9.59 Å². The molecule has 0 aromatic heterocycles. The van der Waals surface area contributed by atoms with E-state index in [4.69, 9.17) is 0 Å². The summed E-state index contributed by atoms with van der Waals surface area (Å²) in [7, 11) is 0. The lowest BCUT2D eigenvalue weighted by Gasteiger charge is -2.29. The normalized spacial score (nSPS) is 23.3. The molecule has 1 aromatic carbocycles. The average molecular weight is 215 g/mol. The van der Waals surface area contributed by atoms with E-state index >= 15 is 0 Å². The van der Waals surface area contributed by atoms with Gasteiger partial charge in [0.15, 0.2) is 0 Å². The molecular weight excluding hydrogens is 202 g/mol. The summed E-state index contributed by atoms with van der Waals surface area (Å²) >= 11 is 0. The molecule has 3 nitrogen and oxygen atoms in total. The van der Waals surface area contributed by atoms with Crippen molar-refractivity contribution in [2.75, 3.05) is 6.54 Å². The van der Waals surface area contributed by atoms with E-state index in [1.54, 1.807) is 0 Å². The number of benzene rings is 1. The van der Waals surface area contributed by atoms with Gasteiger partial charge in [-0.25, -0.2) is 0 Å². The summed E-state index contributed by atoms with van der Waals surface area (Å²) in [6.07, 6.45) is 0.997. The number of fused-ring (bicyclic) bond motifs is 3. The van der Waals surface area contributed by atoms with Gasteiger partial charge in [0.2, 0.25) is 0 Å². The highest BCUT2D eigenvalue weighted by Crippen LogP contribution is 2.38. The maximum atomic E-state index is 12.1. The fourth-order valence-electron chi connectivity index (χ4n) is 2.65. The minimum absolute atomic E-state index is 0.00403. The molecule has 1 fully saturated rings. The Balaban J connectivity index is 2.10. The van der Waals surface area contributed by atoms with E-state index in [1.807, 2.05) is 30.0 Å². The van der Waals surface area contributed by atoms with Gasteiger partial charge in [0.1, 0.15) is 5.78 Å². The quantitative estimate of drug-likeness (QED) is 0.662. The van der Waals surface area contributed by atoms with Gasteiger partial charge in [0.25, 0.3) is 5.91 Å². The maximum absolute atomic E-state index is 12.1. The Morgan fingerprint density at radius 3 is 2.94 bits per heavy atom. The van der Waals surface area contributed by atoms with Crippen molar-refractivity contribution in [2.45, 2.75) is 25.8 Å². The Hall–Kier alpha value is -1.64. The van der Waals surface area contributed by atoms with Crippen molar-refractivity contribution in [2.24, 2.45) is 0 Å². The molecule has 16 heavy (non-hydrogen) atoms. The van der Waals surface area contributed by atoms with Crippen LogP contribution >= 0.6 is 0 Å². The standard InChI is InChI=1S/C13H13NO2/c1-8-2-3-10-11(6-8)13(16)14-5-4-9(15)7-12(10)14/h2-3,6,12H,4-5,7H2,1H3. The van der Waals surface area contributed by atoms with E-state index in [0.717, 1.165) is 16.7 Å². The minimum atomic E-state index is 0.00403. The largest absolute Gasteiger partial charge is 0.331 e. The van der Waals surface area contributed by atoms with Crippen molar-refractivity contribution >= 4 is 11.7 Å². The summed E-state index contributed by atoms with van der Waals surface area (Å²) in [6.45, 7) is 2.56. The van der Waals surface area contributed by atoms with Gasteiger partial charge in [-0.15, -0.1) is 0 Å². The lowest BCUT2D eigenvalue weighted by Crippen LogP contribution is -2.35. The summed E-state index contributed by atoms with van der Waals surface area (Å²) in [5.74, 6) is 0.360. The van der Waals surface area contributed by atoms with Crippen LogP contribution in [0, 0.1) is 6.92 Å². The fraction of sp³-hybridized carbons (Fsp3) is 0.385. The molecule has 0 aliphatic carbocycles. The van der Waals surface area contributed by atoms with Crippen LogP contribution in [0.3, 0.4) is 0 Å². The Kier molecular flexibility index (Phi) is 1.90. The summed E-state index contributed by atoms with van der Waals surface area (Å²) < 4.78 is 0. The van der Waals surface area contributed by atoms with Crippen LogP contribution in [0.2, 0.25) is 0 Å². The number of amides is 1. The number of carbonyl (C=O) groups excluding carboxylic acids is 2. The fourth-order valence-corrected chi connectivity index (χ4v) is 2.65. The highest BCUT2D eigenvalue weighted by Gasteiger charge is 2.40. The highest BCUT2D eigenvalue weighted by molar-refractivity contribution is 6.01. The van der Waals surface area contributed by atoms with Crippen LogP contribution < -0.4 is 0 Å². The van der Waals surface area contributed by atoms with Crippen molar-refractivity contribution in [3.8, 4) is 0 Å². The van der Waals surface area contributed by atoms with E-state index in [2.05, 4.69) is 0 Å². The van der Waals surface area contributed by atoms with Crippen LogP contribution in [0.4, 0.5) is 0 Å². The van der Waals surface area contributed by atoms with Crippen molar-refractivity contribution < 1.29 is 9.59 Å². The number of aryl methyl sites for hydroxylation is 1. The Morgan fingerprint density at radius 2 is 2.12 bits per heavy atom. The number of carbonyl (C=O) groups is 2. The first-order valence-corrected chi connectivity index (χ1v) is 5.60. The highest BCUT2D eigenvalue weighted by atomic mass is 16.2. The SMILES string of the molecule is Cc1ccc2c(c1)C(=O)N1CCC(=O)CC21. The number of hydrogen-bond donors (Lipinski definition) is 0. The van der Waals surface area contributed by atoms with E-state index < -0.39 is 0 Å². The van der Waals surface area contributed by atoms with Gasteiger partial charge < -0.3 is 4.90 Å². The third kappa shape index (κ3) is 1.21. The molecule has 1 aromatic rings. The van der Waals surface area contributed by atoms with E-state index in [0.29, 0.717) is 19.4 Å². The topological polar surface area (TPSA) is 37.4 Å². The molecule has 0 saturated carbocycles. The van der Waals surface area contributed by atoms with Crippen molar-refractivity contribution in [1.82, 2.24) is 4.90 Å². The van der Waals surface area contributed by atoms with E-state index in [1.165, 1.54) is 0 Å². The second kappa shape index (κ2) is 3.17. The molecule has 3 rings (SSSR count). The van der Waals surface area contributed by atoms with Gasteiger partial charge in [-0.2, -0.15) is 0 Å². The van der Waals surface area contributed by atoms with Gasteiger partial charge in [-0.05, 0) is 18.6 Å². The zero-order valence-electron chi connectivity index (χ0n) is 9.19. The molecule has 82 valence electrons. The lowest BCUT2D eigenvalue weighted by molar-refractivity contribution is -0.122. The number of piperidine rings is 1. The molecule has 1 atom stereocenters. The predicted molar refractivity (Wildman–Crippen MR) is 59.2 cm³/mol. The van der Waals surface area contributed by atoms with E-state index in [-0.39, 0.29) is 17.7 Å². The molecule has 0 bridgehead atoms. The maximum Gasteiger partial charge on any atom is 0.254 e. The lowest BCUT2D eigenvalue weighted by atomic mass is 9.96. The number of ketones is 1. The van der Waals surface area contributed by atoms with Crippen LogP contribution in [-0.2, 0) is 4.79 Å². The molecular formula is C13H13NO2. The minimum Gasteiger partial charge on any atom is -0.331 e. The molecule has 1 saturated heterocycles. The van der Waals surface area contributed by atoms with Gasteiger partial charge in [-0.3, -0.25) is 9.59 Å². The van der Waals surface area contributed by atoms with Crippen LogP contribution in [0.25, 0.3) is 0 Å². The molecule has 0 radical (unpaired) electrons. The summed E-state index contributed by atoms with van der Waals surface area (Å²) in [5, 5.41) is 0. The number of Topliss-reactive ketones (excluding diaryl/α,β-unsaturated/α-hetero) is 1. The second-order valence-electron chi connectivity index (χ2n) is 4.60. The molecule has 1 amide bonds. The Bertz CT molecular complexity index is 493. The molecule has 0 spiro atoms. The zero-order valence-corrected chi connectivity index (χ0v) is 9.19. The van der Waals surface area contributed by atoms with Gasteiger partial charge in [-0.1, -0.05) is 17.7 Å². The third-order valence-corrected chi connectivity index (χ3v) is 3.49. The monoisotopic (exact) mass is 215 g/mol. The first-order valence-electron chi connectivity index (χ1n) is 5.60. The molecule has 2 aliphatic rings. The van der Waals surface area contributed by atoms with Gasteiger partial charge in [0.05, 0.1) is 6.04 Å². The molecule has 1 unspecified atom stereocenters. The first-order chi connectivity index (χ1) is 7.66. The molecule has 2 heterocycles. The average Bonchev–Trinajstić information content (AvgIpc) is 2.52. The zero-order chi connectivity index (χ0) is 11.3. The summed E-state index contributed by atoms with van der Waals surface area (Å²) in [6, 6.07) is 5.94. The predicted octanol–water partition coefficient (Wildman–Crippen LogP) is 1.85. The summed E-state index contributed by atoms with van der Waals surface area (Å²) in [4.78, 5) is 25.4. The van der Waals surface area contributed by atoms with Crippen LogP contribution in [0.15, 0.2) is 18.2 Å². The molecule has 2 aliphatic heterocycles. The third-order valence-electron chi connectivity index (χ3n) is 3.49. The number of nitrogens with zero attached hydrogens (tertiary/aromatic N) is 1. The van der Waals surface area contributed by atoms with Crippen LogP contribution in [0.5, 0.6) is 0 Å². The Labute approximate surface area is 94.1 Å². The van der Waals surface area contributed by atoms with Gasteiger partial charge in [0, 0.05) is 24.9 Å². The summed E-state index contributed by atoms with van der Waals surface area (Å²) in [5.41, 5.74) is 2.92. The number of hydrogen-bond acceptors (Lipinski definition) is 2. The number of rotatable bonds is 0. The Morgan fingerprint density at radius 1 is 1.31 bits per heavy atom.